The lowest BCUT2D eigenvalue weighted by atomic mass is 9.95. The van der Waals surface area contributed by atoms with Crippen LogP contribution in [0, 0.1) is 0 Å². The zero-order valence-corrected chi connectivity index (χ0v) is 10.6. The highest BCUT2D eigenvalue weighted by atomic mass is 16.3. The minimum Gasteiger partial charge on any atom is -0.508 e. The Morgan fingerprint density at radius 1 is 1.41 bits per heavy atom. The molecule has 0 aliphatic rings. The number of anilines is 1. The maximum Gasteiger partial charge on any atom is 0.253 e. The molecule has 4 nitrogen and oxygen atoms in total. The van der Waals surface area contributed by atoms with Gasteiger partial charge in [0.2, 0.25) is 0 Å². The van der Waals surface area contributed by atoms with Gasteiger partial charge in [-0.05, 0) is 38.0 Å². The van der Waals surface area contributed by atoms with Crippen LogP contribution in [0.4, 0.5) is 5.69 Å². The molecular weight excluding hydrogens is 216 g/mol. The zero-order valence-electron chi connectivity index (χ0n) is 10.6. The first kappa shape index (κ1) is 13.4. The Balaban J connectivity index is 2.94. The van der Waals surface area contributed by atoms with E-state index in [9.17, 15) is 9.90 Å². The molecule has 0 saturated heterocycles. The number of hydrogen-bond donors (Lipinski definition) is 3. The number of carbonyl (C=O) groups is 1. The Morgan fingerprint density at radius 3 is 2.53 bits per heavy atom. The highest BCUT2D eigenvalue weighted by molar-refractivity contribution is 5.99. The van der Waals surface area contributed by atoms with E-state index >= 15 is 0 Å². The number of phenolic OH excluding ortho intramolecular Hbond substituents is 1. The van der Waals surface area contributed by atoms with E-state index in [0.717, 1.165) is 12.8 Å². The van der Waals surface area contributed by atoms with Crippen LogP contribution in [0.25, 0.3) is 0 Å². The second kappa shape index (κ2) is 5.08. The maximum absolute atomic E-state index is 12.0. The SMILES string of the molecule is CCC(C)(CC)NC(=O)c1cc(O)ccc1N. The van der Waals surface area contributed by atoms with Crippen molar-refractivity contribution in [1.82, 2.24) is 5.32 Å². The number of carbonyl (C=O) groups excluding carboxylic acids is 1. The molecule has 0 aromatic heterocycles. The molecule has 1 rings (SSSR count). The molecule has 0 radical (unpaired) electrons. The number of amides is 1. The van der Waals surface area contributed by atoms with Crippen LogP contribution < -0.4 is 11.1 Å². The predicted octanol–water partition coefficient (Wildman–Crippen LogP) is 2.28. The van der Waals surface area contributed by atoms with Crippen molar-refractivity contribution in [1.29, 1.82) is 0 Å². The Bertz CT molecular complexity index is 412. The van der Waals surface area contributed by atoms with Crippen molar-refractivity contribution in [2.75, 3.05) is 5.73 Å². The van der Waals surface area contributed by atoms with Crippen LogP contribution in [0.15, 0.2) is 18.2 Å². The summed E-state index contributed by atoms with van der Waals surface area (Å²) in [7, 11) is 0. The molecule has 0 aliphatic heterocycles. The maximum atomic E-state index is 12.0. The highest BCUT2D eigenvalue weighted by Gasteiger charge is 2.23. The lowest BCUT2D eigenvalue weighted by molar-refractivity contribution is 0.0901. The predicted molar refractivity (Wildman–Crippen MR) is 69.0 cm³/mol. The molecule has 0 unspecified atom stereocenters. The quantitative estimate of drug-likeness (QED) is 0.554. The molecule has 1 aromatic rings. The first-order valence-corrected chi connectivity index (χ1v) is 5.83. The summed E-state index contributed by atoms with van der Waals surface area (Å²) in [6.07, 6.45) is 1.68. The molecule has 4 heteroatoms. The van der Waals surface area contributed by atoms with Crippen LogP contribution >= 0.6 is 0 Å². The minimum atomic E-state index is -0.246. The van der Waals surface area contributed by atoms with Crippen molar-refractivity contribution >= 4 is 11.6 Å². The lowest BCUT2D eigenvalue weighted by Crippen LogP contribution is -2.45. The molecule has 0 bridgehead atoms. The van der Waals surface area contributed by atoms with E-state index in [0.29, 0.717) is 11.3 Å². The smallest absolute Gasteiger partial charge is 0.253 e. The second-order valence-corrected chi connectivity index (χ2v) is 4.49. The number of rotatable bonds is 4. The summed E-state index contributed by atoms with van der Waals surface area (Å²) in [5, 5.41) is 12.3. The molecule has 0 heterocycles. The number of nitrogen functional groups attached to an aromatic ring is 1. The molecular formula is C13H20N2O2. The number of nitrogens with two attached hydrogens (primary N) is 1. The Labute approximate surface area is 102 Å². The lowest BCUT2D eigenvalue weighted by Gasteiger charge is -2.28. The van der Waals surface area contributed by atoms with Crippen LogP contribution in [0.5, 0.6) is 5.75 Å². The van der Waals surface area contributed by atoms with E-state index < -0.39 is 0 Å². The molecule has 4 N–H and O–H groups in total. The average molecular weight is 236 g/mol. The van der Waals surface area contributed by atoms with Gasteiger partial charge in [0.25, 0.3) is 5.91 Å². The monoisotopic (exact) mass is 236 g/mol. The average Bonchev–Trinajstić information content (AvgIpc) is 2.32. The summed E-state index contributed by atoms with van der Waals surface area (Å²) in [6, 6.07) is 4.38. The van der Waals surface area contributed by atoms with Gasteiger partial charge < -0.3 is 16.2 Å². The van der Waals surface area contributed by atoms with Gasteiger partial charge in [-0.2, -0.15) is 0 Å². The summed E-state index contributed by atoms with van der Waals surface area (Å²) in [6.45, 7) is 6.04. The van der Waals surface area contributed by atoms with E-state index in [1.807, 2.05) is 20.8 Å². The fourth-order valence-corrected chi connectivity index (χ4v) is 1.51. The first-order valence-electron chi connectivity index (χ1n) is 5.83. The third-order valence-electron chi connectivity index (χ3n) is 3.26. The zero-order chi connectivity index (χ0) is 13.1. The van der Waals surface area contributed by atoms with Gasteiger partial charge in [0.05, 0.1) is 5.56 Å². The summed E-state index contributed by atoms with van der Waals surface area (Å²) >= 11 is 0. The van der Waals surface area contributed by atoms with E-state index in [1.165, 1.54) is 18.2 Å². The van der Waals surface area contributed by atoms with E-state index in [4.69, 9.17) is 5.73 Å². The largest absolute Gasteiger partial charge is 0.508 e. The molecule has 0 fully saturated rings. The summed E-state index contributed by atoms with van der Waals surface area (Å²) < 4.78 is 0. The van der Waals surface area contributed by atoms with Gasteiger partial charge in [0, 0.05) is 11.2 Å². The standard InChI is InChI=1S/C13H20N2O2/c1-4-13(3,5-2)15-12(17)10-8-9(16)6-7-11(10)14/h6-8,16H,4-5,14H2,1-3H3,(H,15,17). The fraction of sp³-hybridized carbons (Fsp3) is 0.462. The van der Waals surface area contributed by atoms with Crippen molar-refractivity contribution in [3.05, 3.63) is 23.8 Å². The topological polar surface area (TPSA) is 75.3 Å². The number of benzene rings is 1. The van der Waals surface area contributed by atoms with Crippen LogP contribution in [-0.2, 0) is 0 Å². The van der Waals surface area contributed by atoms with Crippen molar-refractivity contribution < 1.29 is 9.90 Å². The third kappa shape index (κ3) is 3.12. The molecule has 1 aromatic carbocycles. The van der Waals surface area contributed by atoms with E-state index in [1.54, 1.807) is 0 Å². The number of aromatic hydroxyl groups is 1. The molecule has 0 spiro atoms. The summed E-state index contributed by atoms with van der Waals surface area (Å²) in [5.74, 6) is -0.205. The number of nitrogens with one attached hydrogen (secondary N) is 1. The molecule has 0 saturated carbocycles. The summed E-state index contributed by atoms with van der Waals surface area (Å²) in [4.78, 5) is 12.0. The van der Waals surface area contributed by atoms with Crippen LogP contribution in [0.1, 0.15) is 44.0 Å². The van der Waals surface area contributed by atoms with Crippen LogP contribution in [0.2, 0.25) is 0 Å². The fourth-order valence-electron chi connectivity index (χ4n) is 1.51. The first-order chi connectivity index (χ1) is 7.91. The van der Waals surface area contributed by atoms with Gasteiger partial charge in [0.1, 0.15) is 5.75 Å². The third-order valence-corrected chi connectivity index (χ3v) is 3.26. The van der Waals surface area contributed by atoms with Gasteiger partial charge in [-0.25, -0.2) is 0 Å². The molecule has 0 atom stereocenters. The van der Waals surface area contributed by atoms with Gasteiger partial charge >= 0.3 is 0 Å². The van der Waals surface area contributed by atoms with Crippen LogP contribution in [-0.4, -0.2) is 16.6 Å². The van der Waals surface area contributed by atoms with Crippen molar-refractivity contribution in [3.63, 3.8) is 0 Å². The number of hydrogen-bond acceptors (Lipinski definition) is 3. The van der Waals surface area contributed by atoms with E-state index in [-0.39, 0.29) is 17.2 Å². The van der Waals surface area contributed by atoms with E-state index in [2.05, 4.69) is 5.32 Å². The molecule has 17 heavy (non-hydrogen) atoms. The molecule has 1 amide bonds. The molecule has 94 valence electrons. The Hall–Kier alpha value is -1.71. The van der Waals surface area contributed by atoms with Crippen LogP contribution in [0.3, 0.4) is 0 Å². The number of phenols is 1. The van der Waals surface area contributed by atoms with Crippen molar-refractivity contribution in [3.8, 4) is 5.75 Å². The van der Waals surface area contributed by atoms with Crippen molar-refractivity contribution in [2.45, 2.75) is 39.2 Å². The Morgan fingerprint density at radius 2 is 2.00 bits per heavy atom. The molecule has 0 aliphatic carbocycles. The van der Waals surface area contributed by atoms with Gasteiger partial charge in [-0.1, -0.05) is 13.8 Å². The highest BCUT2D eigenvalue weighted by Crippen LogP contribution is 2.20. The van der Waals surface area contributed by atoms with Crippen molar-refractivity contribution in [2.24, 2.45) is 0 Å². The minimum absolute atomic E-state index is 0.0408. The van der Waals surface area contributed by atoms with Gasteiger partial charge in [-0.3, -0.25) is 4.79 Å². The van der Waals surface area contributed by atoms with Gasteiger partial charge in [0.15, 0.2) is 0 Å². The van der Waals surface area contributed by atoms with Gasteiger partial charge in [-0.15, -0.1) is 0 Å². The Kier molecular flexibility index (Phi) is 3.99. The summed E-state index contributed by atoms with van der Waals surface area (Å²) in [5.41, 5.74) is 6.17. The normalized spacial score (nSPS) is 11.2. The second-order valence-electron chi connectivity index (χ2n) is 4.49.